The molecule has 0 radical (unpaired) electrons. The third kappa shape index (κ3) is 4.82. The van der Waals surface area contributed by atoms with Crippen LogP contribution in [0.25, 0.3) is 0 Å². The molecule has 2 nitrogen and oxygen atoms in total. The first kappa shape index (κ1) is 16.5. The van der Waals surface area contributed by atoms with Gasteiger partial charge in [-0.25, -0.2) is 0 Å². The molecule has 118 valence electrons. The molecule has 0 aliphatic heterocycles. The summed E-state index contributed by atoms with van der Waals surface area (Å²) in [7, 11) is 0. The van der Waals surface area contributed by atoms with E-state index in [2.05, 4.69) is 56.4 Å². The number of likely N-dealkylation sites (N-methyl/N-ethyl adjacent to an activating group) is 1. The molecule has 1 aromatic carbocycles. The Hall–Kier alpha value is -0.860. The summed E-state index contributed by atoms with van der Waals surface area (Å²) in [4.78, 5) is 0. The summed E-state index contributed by atoms with van der Waals surface area (Å²) >= 11 is 0. The zero-order valence-corrected chi connectivity index (χ0v) is 13.8. The Kier molecular flexibility index (Phi) is 6.72. The molecule has 1 fully saturated rings. The molecule has 0 amide bonds. The Morgan fingerprint density at radius 1 is 1.19 bits per heavy atom. The van der Waals surface area contributed by atoms with Crippen molar-refractivity contribution >= 4 is 0 Å². The van der Waals surface area contributed by atoms with E-state index in [9.17, 15) is 0 Å². The normalized spacial score (nSPS) is 25.5. The molecule has 4 unspecified atom stereocenters. The Balaban J connectivity index is 2.05. The van der Waals surface area contributed by atoms with Crippen LogP contribution in [0.1, 0.15) is 64.5 Å². The molecule has 0 aromatic heterocycles. The zero-order valence-electron chi connectivity index (χ0n) is 13.8. The van der Waals surface area contributed by atoms with Gasteiger partial charge in [0, 0.05) is 0 Å². The van der Waals surface area contributed by atoms with Crippen LogP contribution < -0.4 is 5.32 Å². The summed E-state index contributed by atoms with van der Waals surface area (Å²) in [6.45, 7) is 7.74. The Morgan fingerprint density at radius 2 is 1.95 bits per heavy atom. The minimum atomic E-state index is 0.266. The van der Waals surface area contributed by atoms with E-state index in [1.807, 2.05) is 0 Å². The zero-order chi connectivity index (χ0) is 15.1. The van der Waals surface area contributed by atoms with Crippen molar-refractivity contribution in [2.24, 2.45) is 5.92 Å². The van der Waals surface area contributed by atoms with Gasteiger partial charge in [-0.2, -0.15) is 0 Å². The highest BCUT2D eigenvalue weighted by molar-refractivity contribution is 5.20. The number of ether oxygens (including phenoxy) is 1. The van der Waals surface area contributed by atoms with Crippen molar-refractivity contribution in [3.63, 3.8) is 0 Å². The van der Waals surface area contributed by atoms with Gasteiger partial charge in [-0.15, -0.1) is 0 Å². The third-order valence-corrected chi connectivity index (χ3v) is 4.61. The average molecular weight is 289 g/mol. The maximum atomic E-state index is 6.52. The van der Waals surface area contributed by atoms with Gasteiger partial charge in [-0.3, -0.25) is 0 Å². The molecule has 0 spiro atoms. The molecule has 0 heterocycles. The number of benzene rings is 1. The standard InChI is InChI=1S/C19H31NO/c1-4-18(21-17-13-9-10-15(3)14-17)19(20-5-2)16-11-7-6-8-12-16/h6-8,11-12,15,17-20H,4-5,9-10,13-14H2,1-3H3. The van der Waals surface area contributed by atoms with Crippen LogP contribution in [-0.4, -0.2) is 18.8 Å². The molecule has 2 heteroatoms. The van der Waals surface area contributed by atoms with Crippen LogP contribution in [0.3, 0.4) is 0 Å². The number of hydrogen-bond acceptors (Lipinski definition) is 2. The van der Waals surface area contributed by atoms with Gasteiger partial charge in [0.05, 0.1) is 18.2 Å². The second-order valence-electron chi connectivity index (χ2n) is 6.42. The van der Waals surface area contributed by atoms with Gasteiger partial charge in [-0.1, -0.05) is 63.9 Å². The van der Waals surface area contributed by atoms with Gasteiger partial charge in [0.1, 0.15) is 0 Å². The lowest BCUT2D eigenvalue weighted by Gasteiger charge is -2.34. The number of hydrogen-bond donors (Lipinski definition) is 1. The second kappa shape index (κ2) is 8.55. The lowest BCUT2D eigenvalue weighted by molar-refractivity contribution is -0.0564. The van der Waals surface area contributed by atoms with Crippen LogP contribution >= 0.6 is 0 Å². The van der Waals surface area contributed by atoms with Crippen LogP contribution in [-0.2, 0) is 4.74 Å². The van der Waals surface area contributed by atoms with Crippen LogP contribution in [0.2, 0.25) is 0 Å². The van der Waals surface area contributed by atoms with Crippen molar-refractivity contribution in [3.8, 4) is 0 Å². The molecular formula is C19H31NO. The Bertz CT molecular complexity index is 392. The maximum Gasteiger partial charge on any atom is 0.0770 e. The topological polar surface area (TPSA) is 21.3 Å². The molecule has 1 aromatic rings. The SMILES string of the molecule is CCNC(c1ccccc1)C(CC)OC1CCCC(C)C1. The minimum Gasteiger partial charge on any atom is -0.373 e. The van der Waals surface area contributed by atoms with Crippen molar-refractivity contribution < 1.29 is 4.74 Å². The first-order chi connectivity index (χ1) is 10.2. The number of rotatable bonds is 7. The first-order valence-corrected chi connectivity index (χ1v) is 8.68. The molecular weight excluding hydrogens is 258 g/mol. The van der Waals surface area contributed by atoms with E-state index in [0.29, 0.717) is 12.1 Å². The van der Waals surface area contributed by atoms with Crippen molar-refractivity contribution in [1.82, 2.24) is 5.32 Å². The van der Waals surface area contributed by atoms with Crippen molar-refractivity contribution in [2.45, 2.75) is 71.1 Å². The van der Waals surface area contributed by atoms with E-state index >= 15 is 0 Å². The molecule has 0 bridgehead atoms. The summed E-state index contributed by atoms with van der Waals surface area (Å²) < 4.78 is 6.52. The van der Waals surface area contributed by atoms with E-state index < -0.39 is 0 Å². The summed E-state index contributed by atoms with van der Waals surface area (Å²) in [6.07, 6.45) is 6.91. The number of nitrogens with one attached hydrogen (secondary N) is 1. The molecule has 1 aliphatic rings. The second-order valence-corrected chi connectivity index (χ2v) is 6.42. The van der Waals surface area contributed by atoms with Crippen LogP contribution in [0.15, 0.2) is 30.3 Å². The summed E-state index contributed by atoms with van der Waals surface area (Å²) in [5.74, 6) is 0.815. The smallest absolute Gasteiger partial charge is 0.0770 e. The van der Waals surface area contributed by atoms with Crippen molar-refractivity contribution in [1.29, 1.82) is 0 Å². The summed E-state index contributed by atoms with van der Waals surface area (Å²) in [6, 6.07) is 11.0. The van der Waals surface area contributed by atoms with E-state index in [4.69, 9.17) is 4.74 Å². The summed E-state index contributed by atoms with van der Waals surface area (Å²) in [5, 5.41) is 3.63. The lowest BCUT2D eigenvalue weighted by Crippen LogP contribution is -2.37. The molecule has 2 rings (SSSR count). The molecule has 1 aliphatic carbocycles. The third-order valence-electron chi connectivity index (χ3n) is 4.61. The van der Waals surface area contributed by atoms with Crippen molar-refractivity contribution in [3.05, 3.63) is 35.9 Å². The van der Waals surface area contributed by atoms with Crippen molar-refractivity contribution in [2.75, 3.05) is 6.54 Å². The van der Waals surface area contributed by atoms with E-state index in [1.165, 1.54) is 31.2 Å². The predicted molar refractivity (Wildman–Crippen MR) is 89.4 cm³/mol. The monoisotopic (exact) mass is 289 g/mol. The van der Waals surface area contributed by atoms with E-state index in [1.54, 1.807) is 0 Å². The Labute approximate surface area is 130 Å². The molecule has 0 saturated heterocycles. The van der Waals surface area contributed by atoms with Gasteiger partial charge in [-0.05, 0) is 37.3 Å². The minimum absolute atomic E-state index is 0.266. The largest absolute Gasteiger partial charge is 0.373 e. The van der Waals surface area contributed by atoms with Crippen LogP contribution in [0.4, 0.5) is 0 Å². The first-order valence-electron chi connectivity index (χ1n) is 8.68. The summed E-state index contributed by atoms with van der Waals surface area (Å²) in [5.41, 5.74) is 1.34. The molecule has 21 heavy (non-hydrogen) atoms. The van der Waals surface area contributed by atoms with Crippen LogP contribution in [0, 0.1) is 5.92 Å². The van der Waals surface area contributed by atoms with Crippen LogP contribution in [0.5, 0.6) is 0 Å². The maximum absolute atomic E-state index is 6.52. The van der Waals surface area contributed by atoms with E-state index in [0.717, 1.165) is 18.9 Å². The quantitative estimate of drug-likeness (QED) is 0.785. The van der Waals surface area contributed by atoms with Gasteiger partial charge in [0.2, 0.25) is 0 Å². The highest BCUT2D eigenvalue weighted by Crippen LogP contribution is 2.30. The lowest BCUT2D eigenvalue weighted by atomic mass is 9.88. The Morgan fingerprint density at radius 3 is 2.57 bits per heavy atom. The highest BCUT2D eigenvalue weighted by Gasteiger charge is 2.27. The van der Waals surface area contributed by atoms with Gasteiger partial charge in [0.25, 0.3) is 0 Å². The van der Waals surface area contributed by atoms with Gasteiger partial charge < -0.3 is 10.1 Å². The fourth-order valence-corrected chi connectivity index (χ4v) is 3.50. The highest BCUT2D eigenvalue weighted by atomic mass is 16.5. The fourth-order valence-electron chi connectivity index (χ4n) is 3.50. The van der Waals surface area contributed by atoms with E-state index in [-0.39, 0.29) is 6.10 Å². The average Bonchev–Trinajstić information content (AvgIpc) is 2.51. The van der Waals surface area contributed by atoms with Gasteiger partial charge >= 0.3 is 0 Å². The predicted octanol–water partition coefficient (Wildman–Crippen LogP) is 4.71. The van der Waals surface area contributed by atoms with Gasteiger partial charge in [0.15, 0.2) is 0 Å². The molecule has 1 N–H and O–H groups in total. The molecule has 4 atom stereocenters. The fraction of sp³-hybridized carbons (Fsp3) is 0.684. The molecule has 1 saturated carbocycles.